The van der Waals surface area contributed by atoms with Crippen molar-refractivity contribution in [3.8, 4) is 5.88 Å². The van der Waals surface area contributed by atoms with Crippen molar-refractivity contribution in [2.24, 2.45) is 17.8 Å². The van der Waals surface area contributed by atoms with Gasteiger partial charge in [-0.15, -0.1) is 0 Å². The van der Waals surface area contributed by atoms with E-state index in [9.17, 15) is 4.79 Å². The van der Waals surface area contributed by atoms with Gasteiger partial charge >= 0.3 is 0 Å². The van der Waals surface area contributed by atoms with Gasteiger partial charge in [-0.05, 0) is 46.7 Å². The molecule has 0 radical (unpaired) electrons. The number of allylic oxidation sites excluding steroid dienone is 2. The number of ether oxygens (including phenoxy) is 1. The molecular weight excluding hydrogens is 344 g/mol. The summed E-state index contributed by atoms with van der Waals surface area (Å²) in [5, 5.41) is 0. The molecule has 0 spiro atoms. The summed E-state index contributed by atoms with van der Waals surface area (Å²) in [6.07, 6.45) is 9.42. The number of rotatable bonds is 3. The van der Waals surface area contributed by atoms with Crippen molar-refractivity contribution in [1.82, 2.24) is 9.88 Å². The summed E-state index contributed by atoms with van der Waals surface area (Å²) in [5.41, 5.74) is 0. The molecule has 2 heterocycles. The summed E-state index contributed by atoms with van der Waals surface area (Å²) in [5.74, 6) is 2.28. The van der Waals surface area contributed by atoms with Crippen LogP contribution in [0.15, 0.2) is 35.0 Å². The van der Waals surface area contributed by atoms with Crippen molar-refractivity contribution in [1.29, 1.82) is 0 Å². The highest BCUT2D eigenvalue weighted by atomic mass is 79.9. The minimum absolute atomic E-state index is 0.0618. The normalized spacial score (nSPS) is 32.7. The minimum Gasteiger partial charge on any atom is -0.472 e. The van der Waals surface area contributed by atoms with Gasteiger partial charge in [-0.3, -0.25) is 4.79 Å². The third-order valence-electron chi connectivity index (χ3n) is 5.04. The maximum atomic E-state index is 12.7. The molecule has 1 saturated carbocycles. The summed E-state index contributed by atoms with van der Waals surface area (Å²) in [4.78, 5) is 18.9. The van der Waals surface area contributed by atoms with Crippen molar-refractivity contribution in [2.45, 2.75) is 25.4 Å². The van der Waals surface area contributed by atoms with Crippen LogP contribution in [0.1, 0.15) is 19.3 Å². The Hall–Kier alpha value is -1.36. The van der Waals surface area contributed by atoms with Gasteiger partial charge in [-0.25, -0.2) is 4.98 Å². The number of carbonyl (C=O) groups is 1. The second-order valence-electron chi connectivity index (χ2n) is 6.51. The molecule has 1 aromatic heterocycles. The number of hydrogen-bond acceptors (Lipinski definition) is 3. The minimum atomic E-state index is 0.0618. The zero-order chi connectivity index (χ0) is 15.1. The van der Waals surface area contributed by atoms with Crippen LogP contribution in [0.3, 0.4) is 0 Å². The van der Waals surface area contributed by atoms with Gasteiger partial charge in [0.15, 0.2) is 0 Å². The molecule has 4 atom stereocenters. The summed E-state index contributed by atoms with van der Waals surface area (Å²) in [7, 11) is 0. The van der Waals surface area contributed by atoms with Gasteiger partial charge in [0.05, 0.1) is 6.54 Å². The topological polar surface area (TPSA) is 42.4 Å². The molecule has 2 bridgehead atoms. The number of carbonyl (C=O) groups excluding carboxylic acids is 1. The molecule has 2 aliphatic carbocycles. The highest BCUT2D eigenvalue weighted by molar-refractivity contribution is 9.10. The smallest absolute Gasteiger partial charge is 0.226 e. The molecule has 4 rings (SSSR count). The van der Waals surface area contributed by atoms with E-state index in [2.05, 4.69) is 33.1 Å². The van der Waals surface area contributed by atoms with Crippen molar-refractivity contribution in [3.05, 3.63) is 35.0 Å². The van der Waals surface area contributed by atoms with Crippen molar-refractivity contribution in [3.63, 3.8) is 0 Å². The molecule has 22 heavy (non-hydrogen) atoms. The number of amides is 1. The summed E-state index contributed by atoms with van der Waals surface area (Å²) in [6.45, 7) is 1.49. The average Bonchev–Trinajstić information content (AvgIpc) is 3.25. The summed E-state index contributed by atoms with van der Waals surface area (Å²) in [6, 6.07) is 3.77. The Balaban J connectivity index is 1.35. The van der Waals surface area contributed by atoms with E-state index >= 15 is 0 Å². The van der Waals surface area contributed by atoms with Crippen LogP contribution in [0.2, 0.25) is 0 Å². The summed E-state index contributed by atoms with van der Waals surface area (Å²) < 4.78 is 6.83. The monoisotopic (exact) mass is 362 g/mol. The maximum Gasteiger partial charge on any atom is 0.226 e. The second kappa shape index (κ2) is 5.69. The molecule has 1 aromatic rings. The Labute approximate surface area is 138 Å². The van der Waals surface area contributed by atoms with Crippen LogP contribution >= 0.6 is 15.9 Å². The third-order valence-corrected chi connectivity index (χ3v) is 5.51. The van der Waals surface area contributed by atoms with E-state index in [1.807, 2.05) is 17.0 Å². The van der Waals surface area contributed by atoms with Crippen LogP contribution < -0.4 is 4.74 Å². The van der Waals surface area contributed by atoms with Gasteiger partial charge in [-0.2, -0.15) is 0 Å². The number of aromatic nitrogens is 1. The Bertz CT molecular complexity index is 601. The molecule has 0 N–H and O–H groups in total. The van der Waals surface area contributed by atoms with Crippen molar-refractivity contribution >= 4 is 21.8 Å². The Morgan fingerprint density at radius 2 is 2.23 bits per heavy atom. The molecule has 1 aliphatic heterocycles. The first-order valence-corrected chi connectivity index (χ1v) is 8.73. The SMILES string of the molecule is O=C(C1CC2C=CC1C2)N1CCC(Oc2ccc(Br)cn2)C1. The van der Waals surface area contributed by atoms with Crippen LogP contribution in [-0.4, -0.2) is 35.0 Å². The zero-order valence-electron chi connectivity index (χ0n) is 12.3. The lowest BCUT2D eigenvalue weighted by Crippen LogP contribution is -2.37. The first kappa shape index (κ1) is 14.2. The van der Waals surface area contributed by atoms with Gasteiger partial charge < -0.3 is 9.64 Å². The lowest BCUT2D eigenvalue weighted by molar-refractivity contribution is -0.135. The number of pyridine rings is 1. The second-order valence-corrected chi connectivity index (χ2v) is 7.43. The zero-order valence-corrected chi connectivity index (χ0v) is 13.9. The van der Waals surface area contributed by atoms with E-state index < -0.39 is 0 Å². The van der Waals surface area contributed by atoms with Crippen molar-refractivity contribution < 1.29 is 9.53 Å². The number of hydrogen-bond donors (Lipinski definition) is 0. The van der Waals surface area contributed by atoms with Crippen LogP contribution in [-0.2, 0) is 4.79 Å². The predicted octanol–water partition coefficient (Wildman–Crippen LogP) is 3.04. The number of likely N-dealkylation sites (tertiary alicyclic amines) is 1. The van der Waals surface area contributed by atoms with Crippen LogP contribution in [0.25, 0.3) is 0 Å². The van der Waals surface area contributed by atoms with Crippen LogP contribution in [0.4, 0.5) is 0 Å². The highest BCUT2D eigenvalue weighted by Gasteiger charge is 2.42. The Morgan fingerprint density at radius 1 is 1.32 bits per heavy atom. The maximum absolute atomic E-state index is 12.7. The fourth-order valence-corrected chi connectivity index (χ4v) is 4.16. The quantitative estimate of drug-likeness (QED) is 0.776. The molecule has 1 amide bonds. The molecule has 2 fully saturated rings. The van der Waals surface area contributed by atoms with Crippen LogP contribution in [0.5, 0.6) is 5.88 Å². The number of nitrogens with zero attached hydrogens (tertiary/aromatic N) is 2. The largest absolute Gasteiger partial charge is 0.472 e. The highest BCUT2D eigenvalue weighted by Crippen LogP contribution is 2.44. The molecule has 5 heteroatoms. The fourth-order valence-electron chi connectivity index (χ4n) is 3.93. The van der Waals surface area contributed by atoms with Crippen LogP contribution in [0, 0.1) is 17.8 Å². The van der Waals surface area contributed by atoms with E-state index in [1.54, 1.807) is 6.20 Å². The van der Waals surface area contributed by atoms with Gasteiger partial charge in [-0.1, -0.05) is 12.2 Å². The molecule has 4 unspecified atom stereocenters. The molecular formula is C17H19BrN2O2. The lowest BCUT2D eigenvalue weighted by atomic mass is 9.92. The Kier molecular flexibility index (Phi) is 3.68. The van der Waals surface area contributed by atoms with E-state index in [0.29, 0.717) is 30.2 Å². The van der Waals surface area contributed by atoms with Gasteiger partial charge in [0.1, 0.15) is 6.10 Å². The molecule has 116 valence electrons. The van der Waals surface area contributed by atoms with Gasteiger partial charge in [0, 0.05) is 35.6 Å². The van der Waals surface area contributed by atoms with E-state index in [-0.39, 0.29) is 12.0 Å². The number of halogens is 1. The first-order chi connectivity index (χ1) is 10.7. The molecule has 3 aliphatic rings. The summed E-state index contributed by atoms with van der Waals surface area (Å²) >= 11 is 3.36. The van der Waals surface area contributed by atoms with E-state index in [1.165, 1.54) is 6.42 Å². The standard InChI is InChI=1S/C17H19BrN2O2/c18-13-3-4-16(19-9-13)22-14-5-6-20(10-14)17(21)15-8-11-1-2-12(15)7-11/h1-4,9,11-12,14-15H,5-8,10H2. The Morgan fingerprint density at radius 3 is 2.91 bits per heavy atom. The van der Waals surface area contributed by atoms with Gasteiger partial charge in [0.25, 0.3) is 0 Å². The lowest BCUT2D eigenvalue weighted by Gasteiger charge is -2.24. The molecule has 1 saturated heterocycles. The van der Waals surface area contributed by atoms with E-state index in [4.69, 9.17) is 4.74 Å². The van der Waals surface area contributed by atoms with Gasteiger partial charge in [0.2, 0.25) is 11.8 Å². The molecule has 0 aromatic carbocycles. The third kappa shape index (κ3) is 2.67. The molecule has 4 nitrogen and oxygen atoms in total. The van der Waals surface area contributed by atoms with Crippen molar-refractivity contribution in [2.75, 3.05) is 13.1 Å². The first-order valence-electron chi connectivity index (χ1n) is 7.94. The average molecular weight is 363 g/mol. The predicted molar refractivity (Wildman–Crippen MR) is 86.4 cm³/mol. The fraction of sp³-hybridized carbons (Fsp3) is 0.529. The number of fused-ring (bicyclic) bond motifs is 2. The van der Waals surface area contributed by atoms with E-state index in [0.717, 1.165) is 23.9 Å².